The molecule has 0 saturated carbocycles. The number of aromatic nitrogens is 4. The van der Waals surface area contributed by atoms with Crippen LogP contribution in [0.1, 0.15) is 43.8 Å². The Balaban J connectivity index is 1.55. The van der Waals surface area contributed by atoms with Crippen LogP contribution in [-0.4, -0.2) is 26.4 Å². The number of nitriles is 1. The zero-order valence-corrected chi connectivity index (χ0v) is 20.4. The third-order valence-corrected chi connectivity index (χ3v) is 6.52. The Kier molecular flexibility index (Phi) is 5.48. The number of aromatic amines is 2. The number of hydrogen-bond donors (Lipinski definition) is 2. The van der Waals surface area contributed by atoms with Gasteiger partial charge in [-0.05, 0) is 42.8 Å². The highest BCUT2D eigenvalue weighted by atomic mass is 35.5. The van der Waals surface area contributed by atoms with Crippen molar-refractivity contribution in [1.82, 2.24) is 19.7 Å². The molecule has 35 heavy (non-hydrogen) atoms. The van der Waals surface area contributed by atoms with Gasteiger partial charge in [-0.3, -0.25) is 9.78 Å². The lowest BCUT2D eigenvalue weighted by atomic mass is 9.81. The molecule has 1 aliphatic rings. The van der Waals surface area contributed by atoms with Crippen LogP contribution in [0.15, 0.2) is 39.9 Å². The van der Waals surface area contributed by atoms with Crippen molar-refractivity contribution in [3.63, 3.8) is 0 Å². The van der Waals surface area contributed by atoms with E-state index in [4.69, 9.17) is 37.9 Å². The average Bonchev–Trinajstić information content (AvgIpc) is 3.20. The fourth-order valence-electron chi connectivity index (χ4n) is 4.31. The molecule has 0 spiro atoms. The summed E-state index contributed by atoms with van der Waals surface area (Å²) in [6.45, 7) is 6.89. The van der Waals surface area contributed by atoms with E-state index in [1.165, 1.54) is 17.7 Å². The van der Waals surface area contributed by atoms with Crippen molar-refractivity contribution in [3.8, 4) is 23.3 Å². The van der Waals surface area contributed by atoms with Crippen LogP contribution in [0, 0.1) is 11.3 Å². The van der Waals surface area contributed by atoms with Crippen molar-refractivity contribution in [2.45, 2.75) is 32.3 Å². The number of halogens is 2. The van der Waals surface area contributed by atoms with Gasteiger partial charge in [-0.15, -0.1) is 5.10 Å². The summed E-state index contributed by atoms with van der Waals surface area (Å²) in [5.74, 6) is 0.715. The minimum Gasteiger partial charge on any atom is -0.454 e. The van der Waals surface area contributed by atoms with Crippen LogP contribution in [0.4, 0.5) is 0 Å². The molecule has 0 radical (unpaired) electrons. The summed E-state index contributed by atoms with van der Waals surface area (Å²) in [7, 11) is 0. The molecular formula is C24H19Cl2N5O4. The van der Waals surface area contributed by atoms with Crippen molar-refractivity contribution in [2.75, 3.05) is 6.61 Å². The second kappa shape index (κ2) is 8.27. The van der Waals surface area contributed by atoms with E-state index in [-0.39, 0.29) is 33.0 Å². The SMILES string of the molecule is CC1OCC(C)(C)c2c1[nH]c1ccc(Oc3c(Cl)cc(-n4nc(C#N)c(=O)[nH]c4=O)cc3Cl)cc21. The Labute approximate surface area is 208 Å². The smallest absolute Gasteiger partial charge is 0.349 e. The van der Waals surface area contributed by atoms with Crippen LogP contribution in [0.5, 0.6) is 11.5 Å². The number of fused-ring (bicyclic) bond motifs is 3. The third-order valence-electron chi connectivity index (χ3n) is 5.96. The van der Waals surface area contributed by atoms with Crippen molar-refractivity contribution in [3.05, 3.63) is 78.2 Å². The quantitative estimate of drug-likeness (QED) is 0.409. The van der Waals surface area contributed by atoms with E-state index in [1.54, 1.807) is 12.1 Å². The molecule has 1 aliphatic heterocycles. The molecule has 0 amide bonds. The molecule has 1 atom stereocenters. The number of H-pyrrole nitrogens is 2. The van der Waals surface area contributed by atoms with Gasteiger partial charge in [0.05, 0.1) is 28.4 Å². The standard InChI is InChI=1S/C24H19Cl2N5O4/c1-11-20-19(24(2,3)10-34-11)14-8-13(4-5-17(14)28-20)35-21-15(25)6-12(7-16(21)26)31-23(33)29-22(32)18(9-27)30-31/h4-8,11,28H,10H2,1-3H3,(H,29,32,33). The first kappa shape index (κ1) is 23.2. The maximum atomic E-state index is 12.2. The highest BCUT2D eigenvalue weighted by Crippen LogP contribution is 2.44. The van der Waals surface area contributed by atoms with Crippen molar-refractivity contribution >= 4 is 34.1 Å². The van der Waals surface area contributed by atoms with E-state index in [1.807, 2.05) is 24.0 Å². The monoisotopic (exact) mass is 511 g/mol. The van der Waals surface area contributed by atoms with E-state index in [0.717, 1.165) is 21.3 Å². The predicted octanol–water partition coefficient (Wildman–Crippen LogP) is 4.74. The minimum absolute atomic E-state index is 0.0438. The van der Waals surface area contributed by atoms with Crippen molar-refractivity contribution in [2.24, 2.45) is 0 Å². The normalized spacial score (nSPS) is 16.6. The molecule has 1 unspecified atom stereocenters. The molecule has 2 aromatic heterocycles. The number of benzene rings is 2. The number of nitrogens with zero attached hydrogens (tertiary/aromatic N) is 3. The van der Waals surface area contributed by atoms with Crippen LogP contribution in [0.2, 0.25) is 10.0 Å². The van der Waals surface area contributed by atoms with E-state index in [9.17, 15) is 9.59 Å². The van der Waals surface area contributed by atoms with E-state index < -0.39 is 16.9 Å². The second-order valence-corrected chi connectivity index (χ2v) is 9.74. The van der Waals surface area contributed by atoms with Crippen molar-refractivity contribution < 1.29 is 9.47 Å². The first-order chi connectivity index (χ1) is 16.6. The molecule has 0 aliphatic carbocycles. The van der Waals surface area contributed by atoms with E-state index in [2.05, 4.69) is 23.9 Å². The van der Waals surface area contributed by atoms with Gasteiger partial charge in [0.1, 0.15) is 11.8 Å². The summed E-state index contributed by atoms with van der Waals surface area (Å²) >= 11 is 12.9. The molecule has 9 nitrogen and oxygen atoms in total. The summed E-state index contributed by atoms with van der Waals surface area (Å²) in [5.41, 5.74) is 0.992. The van der Waals surface area contributed by atoms with Gasteiger partial charge >= 0.3 is 5.69 Å². The van der Waals surface area contributed by atoms with Crippen LogP contribution in [-0.2, 0) is 10.2 Å². The lowest BCUT2D eigenvalue weighted by molar-refractivity contribution is 0.0162. The third kappa shape index (κ3) is 3.90. The second-order valence-electron chi connectivity index (χ2n) is 8.93. The molecule has 178 valence electrons. The van der Waals surface area contributed by atoms with E-state index >= 15 is 0 Å². The molecular weight excluding hydrogens is 493 g/mol. The van der Waals surface area contributed by atoms with Crippen LogP contribution < -0.4 is 16.0 Å². The summed E-state index contributed by atoms with van der Waals surface area (Å²) < 4.78 is 12.8. The predicted molar refractivity (Wildman–Crippen MR) is 131 cm³/mol. The van der Waals surface area contributed by atoms with Gasteiger partial charge in [0.25, 0.3) is 5.56 Å². The first-order valence-electron chi connectivity index (χ1n) is 10.7. The van der Waals surface area contributed by atoms with E-state index in [0.29, 0.717) is 12.4 Å². The Morgan fingerprint density at radius 2 is 1.91 bits per heavy atom. The lowest BCUT2D eigenvalue weighted by Gasteiger charge is -2.33. The summed E-state index contributed by atoms with van der Waals surface area (Å²) in [6, 6.07) is 10.1. The van der Waals surface area contributed by atoms with Gasteiger partial charge in [-0.25, -0.2) is 4.79 Å². The van der Waals surface area contributed by atoms with Crippen LogP contribution >= 0.6 is 23.2 Å². The highest BCUT2D eigenvalue weighted by molar-refractivity contribution is 6.37. The molecule has 2 N–H and O–H groups in total. The molecule has 2 aromatic carbocycles. The van der Waals surface area contributed by atoms with Gasteiger partial charge in [0, 0.05) is 22.0 Å². The Bertz CT molecular complexity index is 1640. The highest BCUT2D eigenvalue weighted by Gasteiger charge is 2.35. The number of ether oxygens (including phenoxy) is 2. The molecule has 0 bridgehead atoms. The number of nitrogens with one attached hydrogen (secondary N) is 2. The minimum atomic E-state index is -0.877. The number of rotatable bonds is 3. The summed E-state index contributed by atoms with van der Waals surface area (Å²) in [4.78, 5) is 29.3. The maximum absolute atomic E-state index is 12.2. The topological polar surface area (TPSA) is 126 Å². The Hall–Kier alpha value is -3.58. The average molecular weight is 512 g/mol. The summed E-state index contributed by atoms with van der Waals surface area (Å²) in [6.07, 6.45) is -0.0438. The Morgan fingerprint density at radius 1 is 1.20 bits per heavy atom. The van der Waals surface area contributed by atoms with Gasteiger partial charge in [-0.2, -0.15) is 9.94 Å². The van der Waals surface area contributed by atoms with Gasteiger partial charge < -0.3 is 14.5 Å². The van der Waals surface area contributed by atoms with Gasteiger partial charge in [0.2, 0.25) is 5.69 Å². The molecule has 11 heteroatoms. The first-order valence-corrected chi connectivity index (χ1v) is 11.4. The van der Waals surface area contributed by atoms with Gasteiger partial charge in [-0.1, -0.05) is 37.0 Å². The zero-order valence-electron chi connectivity index (χ0n) is 18.9. The lowest BCUT2D eigenvalue weighted by Crippen LogP contribution is -2.33. The van der Waals surface area contributed by atoms with Crippen LogP contribution in [0.25, 0.3) is 16.6 Å². The molecule has 4 aromatic rings. The Morgan fingerprint density at radius 3 is 2.60 bits per heavy atom. The number of hydrogen-bond acceptors (Lipinski definition) is 6. The molecule has 3 heterocycles. The molecule has 0 fully saturated rings. The molecule has 5 rings (SSSR count). The fourth-order valence-corrected chi connectivity index (χ4v) is 4.86. The van der Waals surface area contributed by atoms with Crippen molar-refractivity contribution in [1.29, 1.82) is 5.26 Å². The van der Waals surface area contributed by atoms with Gasteiger partial charge in [0.15, 0.2) is 5.75 Å². The molecule has 0 saturated heterocycles. The summed E-state index contributed by atoms with van der Waals surface area (Å²) in [5, 5.41) is 14.1. The maximum Gasteiger partial charge on any atom is 0.349 e. The van der Waals surface area contributed by atoms with Crippen LogP contribution in [0.3, 0.4) is 0 Å². The fraction of sp³-hybridized carbons (Fsp3) is 0.250. The largest absolute Gasteiger partial charge is 0.454 e. The zero-order chi connectivity index (χ0) is 25.1.